The maximum Gasteiger partial charge on any atom is 0.152 e. The molecule has 1 rings (SSSR count). The number of nitrogens with zero attached hydrogens (tertiary/aromatic N) is 3. The topological polar surface area (TPSA) is 82.8 Å². The smallest absolute Gasteiger partial charge is 0.152 e. The van der Waals surface area contributed by atoms with Gasteiger partial charge in [0, 0.05) is 6.20 Å². The molecule has 44 valence electrons. The quantitative estimate of drug-likeness (QED) is 0.441. The predicted octanol–water partition coefficient (Wildman–Crippen LogP) is -1.35. The molecule has 0 amide bonds. The first-order valence-electron chi connectivity index (χ1n) is 2.17. The monoisotopic (exact) mass is 113 g/mol. The van der Waals surface area contributed by atoms with Gasteiger partial charge >= 0.3 is 0 Å². The lowest BCUT2D eigenvalue weighted by Crippen LogP contribution is -2.27. The van der Waals surface area contributed by atoms with E-state index in [9.17, 15) is 0 Å². The van der Waals surface area contributed by atoms with Crippen molar-refractivity contribution in [2.45, 2.75) is 6.29 Å². The second kappa shape index (κ2) is 1.89. The van der Waals surface area contributed by atoms with E-state index in [1.165, 1.54) is 10.9 Å². The van der Waals surface area contributed by atoms with Gasteiger partial charge in [-0.05, 0) is 0 Å². The lowest BCUT2D eigenvalue weighted by Gasteiger charge is -2.00. The van der Waals surface area contributed by atoms with Crippen molar-refractivity contribution in [2.75, 3.05) is 0 Å². The van der Waals surface area contributed by atoms with Gasteiger partial charge in [0.2, 0.25) is 0 Å². The third kappa shape index (κ3) is 0.824. The Morgan fingerprint density at radius 2 is 2.25 bits per heavy atom. The molecule has 0 spiro atoms. The average Bonchev–Trinajstić information content (AvgIpc) is 2.12. The number of aromatic nitrogens is 3. The summed E-state index contributed by atoms with van der Waals surface area (Å²) in [6.07, 6.45) is 2.55. The van der Waals surface area contributed by atoms with Gasteiger partial charge in [-0.2, -0.15) is 0 Å². The van der Waals surface area contributed by atoms with Crippen LogP contribution in [0.4, 0.5) is 0 Å². The van der Waals surface area contributed by atoms with Crippen molar-refractivity contribution in [1.82, 2.24) is 15.0 Å². The van der Waals surface area contributed by atoms with Gasteiger partial charge in [0.15, 0.2) is 6.29 Å². The summed E-state index contributed by atoms with van der Waals surface area (Å²) < 4.78 is 1.36. The summed E-state index contributed by atoms with van der Waals surface area (Å²) in [5.74, 6) is 0. The van der Waals surface area contributed by atoms with E-state index in [1.54, 1.807) is 6.20 Å². The van der Waals surface area contributed by atoms with Gasteiger partial charge in [-0.1, -0.05) is 5.21 Å². The maximum absolute atomic E-state index is 5.20. The fraction of sp³-hybridized carbons (Fsp3) is 0.333. The van der Waals surface area contributed by atoms with E-state index in [0.29, 0.717) is 0 Å². The summed E-state index contributed by atoms with van der Waals surface area (Å²) in [4.78, 5) is 0. The summed E-state index contributed by atoms with van der Waals surface area (Å²) in [6.45, 7) is 0. The molecule has 0 atom stereocenters. The summed E-state index contributed by atoms with van der Waals surface area (Å²) in [5, 5.41) is 7.03. The minimum Gasteiger partial charge on any atom is -0.297 e. The molecule has 0 radical (unpaired) electrons. The Bertz CT molecular complexity index is 143. The second-order valence-electron chi connectivity index (χ2n) is 1.37. The second-order valence-corrected chi connectivity index (χ2v) is 1.37. The van der Waals surface area contributed by atoms with Crippen molar-refractivity contribution in [3.8, 4) is 0 Å². The van der Waals surface area contributed by atoms with Crippen LogP contribution >= 0.6 is 0 Å². The number of hydrogen-bond acceptors (Lipinski definition) is 4. The highest BCUT2D eigenvalue weighted by molar-refractivity contribution is 4.65. The number of rotatable bonds is 1. The van der Waals surface area contributed by atoms with Crippen LogP contribution in [-0.2, 0) is 0 Å². The minimum absolute atomic E-state index is 0.572. The molecule has 0 aromatic carbocycles. The van der Waals surface area contributed by atoms with Crippen molar-refractivity contribution in [1.29, 1.82) is 0 Å². The van der Waals surface area contributed by atoms with Gasteiger partial charge in [-0.3, -0.25) is 11.5 Å². The first-order valence-corrected chi connectivity index (χ1v) is 2.17. The van der Waals surface area contributed by atoms with Crippen LogP contribution in [0.2, 0.25) is 0 Å². The van der Waals surface area contributed by atoms with Crippen LogP contribution < -0.4 is 11.5 Å². The molecule has 0 aliphatic heterocycles. The molecule has 0 unspecified atom stereocenters. The molecular formula is C3H7N5. The van der Waals surface area contributed by atoms with Crippen LogP contribution in [0.3, 0.4) is 0 Å². The van der Waals surface area contributed by atoms with Crippen LogP contribution in [0.1, 0.15) is 6.29 Å². The lowest BCUT2D eigenvalue weighted by atomic mass is 10.8. The summed E-state index contributed by atoms with van der Waals surface area (Å²) in [7, 11) is 0. The van der Waals surface area contributed by atoms with Crippen molar-refractivity contribution in [2.24, 2.45) is 11.5 Å². The highest BCUT2D eigenvalue weighted by Crippen LogP contribution is 1.81. The Balaban J connectivity index is 2.77. The van der Waals surface area contributed by atoms with Gasteiger partial charge < -0.3 is 0 Å². The average molecular weight is 113 g/mol. The van der Waals surface area contributed by atoms with Gasteiger partial charge in [-0.15, -0.1) is 5.10 Å². The summed E-state index contributed by atoms with van der Waals surface area (Å²) in [5.41, 5.74) is 10.4. The molecule has 8 heavy (non-hydrogen) atoms. The zero-order chi connectivity index (χ0) is 5.98. The van der Waals surface area contributed by atoms with E-state index < -0.39 is 6.29 Å². The Morgan fingerprint density at radius 1 is 1.50 bits per heavy atom. The Hall–Kier alpha value is -0.940. The lowest BCUT2D eigenvalue weighted by molar-refractivity contribution is 0.472. The maximum atomic E-state index is 5.20. The molecule has 0 fully saturated rings. The summed E-state index contributed by atoms with van der Waals surface area (Å²) >= 11 is 0. The van der Waals surface area contributed by atoms with Crippen molar-refractivity contribution in [3.05, 3.63) is 12.4 Å². The highest BCUT2D eigenvalue weighted by Gasteiger charge is 1.93. The van der Waals surface area contributed by atoms with Crippen LogP contribution in [0.5, 0.6) is 0 Å². The molecule has 1 heterocycles. The van der Waals surface area contributed by atoms with E-state index in [2.05, 4.69) is 10.3 Å². The molecule has 0 aliphatic carbocycles. The van der Waals surface area contributed by atoms with Gasteiger partial charge in [0.25, 0.3) is 0 Å². The van der Waals surface area contributed by atoms with Gasteiger partial charge in [0.1, 0.15) is 0 Å². The number of nitrogens with two attached hydrogens (primary N) is 2. The van der Waals surface area contributed by atoms with Gasteiger partial charge in [0.05, 0.1) is 6.20 Å². The molecule has 1 aromatic heterocycles. The Kier molecular flexibility index (Phi) is 1.23. The van der Waals surface area contributed by atoms with E-state index in [1.807, 2.05) is 0 Å². The molecule has 1 aromatic rings. The third-order valence-corrected chi connectivity index (χ3v) is 0.746. The van der Waals surface area contributed by atoms with E-state index in [0.717, 1.165) is 0 Å². The zero-order valence-electron chi connectivity index (χ0n) is 4.23. The molecule has 4 N–H and O–H groups in total. The van der Waals surface area contributed by atoms with E-state index in [-0.39, 0.29) is 0 Å². The SMILES string of the molecule is NC(N)n1ccnn1. The zero-order valence-corrected chi connectivity index (χ0v) is 4.23. The fourth-order valence-corrected chi connectivity index (χ4v) is 0.376. The fourth-order valence-electron chi connectivity index (χ4n) is 0.376. The molecule has 0 saturated heterocycles. The first-order chi connectivity index (χ1) is 3.80. The van der Waals surface area contributed by atoms with Crippen molar-refractivity contribution in [3.63, 3.8) is 0 Å². The Morgan fingerprint density at radius 3 is 2.50 bits per heavy atom. The normalized spacial score (nSPS) is 10.4. The molecule has 0 bridgehead atoms. The van der Waals surface area contributed by atoms with Crippen molar-refractivity contribution >= 4 is 0 Å². The van der Waals surface area contributed by atoms with Crippen LogP contribution in [0.15, 0.2) is 12.4 Å². The van der Waals surface area contributed by atoms with Crippen LogP contribution in [0.25, 0.3) is 0 Å². The van der Waals surface area contributed by atoms with E-state index >= 15 is 0 Å². The van der Waals surface area contributed by atoms with E-state index in [4.69, 9.17) is 11.5 Å². The predicted molar refractivity (Wildman–Crippen MR) is 27.4 cm³/mol. The van der Waals surface area contributed by atoms with Gasteiger partial charge in [-0.25, -0.2) is 4.68 Å². The standard InChI is InChI=1S/C3H7N5/c4-3(5)8-2-1-6-7-8/h1-3H,4-5H2. The molecule has 0 aliphatic rings. The number of hydrogen-bond donors (Lipinski definition) is 2. The minimum atomic E-state index is -0.572. The third-order valence-electron chi connectivity index (χ3n) is 0.746. The Labute approximate surface area is 46.3 Å². The molecular weight excluding hydrogens is 106 g/mol. The van der Waals surface area contributed by atoms with Crippen LogP contribution in [-0.4, -0.2) is 15.0 Å². The van der Waals surface area contributed by atoms with Crippen molar-refractivity contribution < 1.29 is 0 Å². The summed E-state index contributed by atoms with van der Waals surface area (Å²) in [6, 6.07) is 0. The van der Waals surface area contributed by atoms with Crippen LogP contribution in [0, 0.1) is 0 Å². The first kappa shape index (κ1) is 5.20. The molecule has 0 saturated carbocycles. The molecule has 5 nitrogen and oxygen atoms in total. The highest BCUT2D eigenvalue weighted by atomic mass is 15.5. The molecule has 5 heteroatoms. The largest absolute Gasteiger partial charge is 0.297 e.